The molecule has 156 valence electrons. The van der Waals surface area contributed by atoms with Crippen LogP contribution >= 0.6 is 11.6 Å². The number of hydrogen-bond donors (Lipinski definition) is 3. The number of anilines is 3. The molecule has 0 radical (unpaired) electrons. The number of ether oxygens (including phenoxy) is 2. The number of halogens is 1. The average molecular weight is 428 g/mol. The van der Waals surface area contributed by atoms with Crippen molar-refractivity contribution < 1.29 is 14.3 Å². The van der Waals surface area contributed by atoms with Gasteiger partial charge in [0.1, 0.15) is 12.4 Å². The number of para-hydroxylation sites is 1. The van der Waals surface area contributed by atoms with Gasteiger partial charge in [-0.2, -0.15) is 0 Å². The molecule has 0 aliphatic heterocycles. The van der Waals surface area contributed by atoms with Crippen LogP contribution in [0.15, 0.2) is 42.7 Å². The largest absolute Gasteiger partial charge is 0.495 e. The van der Waals surface area contributed by atoms with E-state index in [4.69, 9.17) is 26.8 Å². The van der Waals surface area contributed by atoms with Gasteiger partial charge in [-0.1, -0.05) is 23.7 Å². The van der Waals surface area contributed by atoms with Crippen molar-refractivity contribution in [1.82, 2.24) is 15.3 Å². The summed E-state index contributed by atoms with van der Waals surface area (Å²) in [7, 11) is 3.04. The minimum absolute atomic E-state index is 0.112. The molecule has 0 aliphatic rings. The van der Waals surface area contributed by atoms with Gasteiger partial charge < -0.3 is 25.8 Å². The molecule has 0 fully saturated rings. The molecule has 0 unspecified atom stereocenters. The summed E-state index contributed by atoms with van der Waals surface area (Å²) in [5.74, 6) is 0.979. The zero-order valence-corrected chi connectivity index (χ0v) is 17.6. The first-order chi connectivity index (χ1) is 14.4. The highest BCUT2D eigenvalue weighted by atomic mass is 35.5. The van der Waals surface area contributed by atoms with E-state index in [-0.39, 0.29) is 12.5 Å². The van der Waals surface area contributed by atoms with E-state index in [1.807, 2.05) is 19.1 Å². The van der Waals surface area contributed by atoms with E-state index in [0.29, 0.717) is 39.3 Å². The lowest BCUT2D eigenvalue weighted by atomic mass is 10.1. The molecule has 0 bridgehead atoms. The maximum absolute atomic E-state index is 12.0. The molecule has 0 aliphatic carbocycles. The third-order valence-corrected chi connectivity index (χ3v) is 4.82. The van der Waals surface area contributed by atoms with Gasteiger partial charge in [0.05, 0.1) is 35.9 Å². The zero-order valence-electron chi connectivity index (χ0n) is 16.8. The second-order valence-electron chi connectivity index (χ2n) is 6.43. The molecule has 0 spiro atoms. The fourth-order valence-corrected chi connectivity index (χ4v) is 3.01. The molecule has 4 N–H and O–H groups in total. The Labute approximate surface area is 179 Å². The van der Waals surface area contributed by atoms with E-state index in [9.17, 15) is 4.79 Å². The van der Waals surface area contributed by atoms with Crippen molar-refractivity contribution in [2.75, 3.05) is 25.2 Å². The summed E-state index contributed by atoms with van der Waals surface area (Å²) in [6.07, 6.45) is 3.08. The van der Waals surface area contributed by atoms with Gasteiger partial charge in [-0.05, 0) is 30.7 Å². The van der Waals surface area contributed by atoms with E-state index in [0.717, 1.165) is 11.3 Å². The number of nitrogens with two attached hydrogens (primary N) is 1. The fraction of sp³-hybridized carbons (Fsp3) is 0.190. The third-order valence-electron chi connectivity index (χ3n) is 4.39. The van der Waals surface area contributed by atoms with Crippen LogP contribution in [0.5, 0.6) is 11.5 Å². The SMILES string of the molecule is CNC(=O)c1cc(COc2cnc(Nc3c(C)cccc3N)nc2)c(Cl)c(OC)c1. The topological polar surface area (TPSA) is 111 Å². The summed E-state index contributed by atoms with van der Waals surface area (Å²) >= 11 is 6.35. The summed E-state index contributed by atoms with van der Waals surface area (Å²) in [5, 5.41) is 6.05. The molecule has 2 aromatic carbocycles. The highest BCUT2D eigenvalue weighted by Crippen LogP contribution is 2.31. The lowest BCUT2D eigenvalue weighted by molar-refractivity contribution is 0.0962. The number of nitrogens with zero attached hydrogens (tertiary/aromatic N) is 2. The van der Waals surface area contributed by atoms with E-state index in [1.54, 1.807) is 25.2 Å². The highest BCUT2D eigenvalue weighted by molar-refractivity contribution is 6.33. The fourth-order valence-electron chi connectivity index (χ4n) is 2.77. The second-order valence-corrected chi connectivity index (χ2v) is 6.80. The quantitative estimate of drug-likeness (QED) is 0.493. The van der Waals surface area contributed by atoms with Crippen LogP contribution in [-0.4, -0.2) is 30.0 Å². The lowest BCUT2D eigenvalue weighted by Crippen LogP contribution is -2.18. The zero-order chi connectivity index (χ0) is 21.7. The molecule has 30 heavy (non-hydrogen) atoms. The maximum Gasteiger partial charge on any atom is 0.251 e. The van der Waals surface area contributed by atoms with E-state index < -0.39 is 0 Å². The number of aryl methyl sites for hydroxylation is 1. The Balaban J connectivity index is 1.73. The van der Waals surface area contributed by atoms with Gasteiger partial charge in [-0.25, -0.2) is 9.97 Å². The number of nitrogens with one attached hydrogen (secondary N) is 2. The number of aromatic nitrogens is 2. The Morgan fingerprint density at radius 1 is 1.23 bits per heavy atom. The predicted molar refractivity (Wildman–Crippen MR) is 117 cm³/mol. The van der Waals surface area contributed by atoms with E-state index in [2.05, 4.69) is 20.6 Å². The number of rotatable bonds is 7. The highest BCUT2D eigenvalue weighted by Gasteiger charge is 2.14. The number of methoxy groups -OCH3 is 1. The van der Waals surface area contributed by atoms with Gasteiger partial charge in [0.15, 0.2) is 5.75 Å². The van der Waals surface area contributed by atoms with Gasteiger partial charge >= 0.3 is 0 Å². The van der Waals surface area contributed by atoms with Crippen molar-refractivity contribution in [3.8, 4) is 11.5 Å². The summed E-state index contributed by atoms with van der Waals surface area (Å²) in [6.45, 7) is 2.06. The van der Waals surface area contributed by atoms with Crippen molar-refractivity contribution in [3.63, 3.8) is 0 Å². The Hall–Kier alpha value is -3.52. The van der Waals surface area contributed by atoms with Crippen molar-refractivity contribution in [1.29, 1.82) is 0 Å². The lowest BCUT2D eigenvalue weighted by Gasteiger charge is -2.13. The van der Waals surface area contributed by atoms with Gasteiger partial charge in [0.25, 0.3) is 5.91 Å². The molecule has 1 aromatic heterocycles. The summed E-state index contributed by atoms with van der Waals surface area (Å²) in [5.41, 5.74) is 9.38. The van der Waals surface area contributed by atoms with Crippen molar-refractivity contribution in [2.24, 2.45) is 0 Å². The van der Waals surface area contributed by atoms with Crippen LogP contribution in [0.25, 0.3) is 0 Å². The van der Waals surface area contributed by atoms with Crippen LogP contribution in [0.3, 0.4) is 0 Å². The second kappa shape index (κ2) is 9.32. The number of amides is 1. The van der Waals surface area contributed by atoms with Gasteiger partial charge in [0.2, 0.25) is 5.95 Å². The number of carbonyl (C=O) groups is 1. The van der Waals surface area contributed by atoms with E-state index >= 15 is 0 Å². The third kappa shape index (κ3) is 4.72. The van der Waals surface area contributed by atoms with Crippen LogP contribution < -0.4 is 25.8 Å². The number of hydrogen-bond acceptors (Lipinski definition) is 7. The molecule has 0 saturated heterocycles. The summed E-state index contributed by atoms with van der Waals surface area (Å²) in [4.78, 5) is 20.5. The van der Waals surface area contributed by atoms with Crippen LogP contribution in [0.1, 0.15) is 21.5 Å². The van der Waals surface area contributed by atoms with E-state index in [1.165, 1.54) is 19.5 Å². The molecule has 8 nitrogen and oxygen atoms in total. The summed E-state index contributed by atoms with van der Waals surface area (Å²) in [6, 6.07) is 8.86. The molecule has 1 heterocycles. The Morgan fingerprint density at radius 3 is 2.60 bits per heavy atom. The van der Waals surface area contributed by atoms with Gasteiger partial charge in [-0.3, -0.25) is 4.79 Å². The van der Waals surface area contributed by atoms with Crippen molar-refractivity contribution in [3.05, 3.63) is 64.4 Å². The smallest absolute Gasteiger partial charge is 0.251 e. The van der Waals surface area contributed by atoms with Gasteiger partial charge in [-0.15, -0.1) is 0 Å². The Bertz CT molecular complexity index is 1040. The van der Waals surface area contributed by atoms with Crippen LogP contribution in [-0.2, 0) is 6.61 Å². The summed E-state index contributed by atoms with van der Waals surface area (Å²) < 4.78 is 11.0. The Morgan fingerprint density at radius 2 is 1.97 bits per heavy atom. The predicted octanol–water partition coefficient (Wildman–Crippen LogP) is 3.71. The van der Waals surface area contributed by atoms with Crippen LogP contribution in [0.4, 0.5) is 17.3 Å². The molecule has 3 aromatic rings. The molecule has 0 saturated carbocycles. The monoisotopic (exact) mass is 427 g/mol. The standard InChI is InChI=1S/C21H22ClN5O3/c1-12-5-4-6-16(23)19(12)27-21-25-9-15(10-26-21)30-11-14-7-13(20(28)24-2)8-17(29-3)18(14)22/h4-10H,11,23H2,1-3H3,(H,24,28)(H,25,26,27). The maximum atomic E-state index is 12.0. The molecular weight excluding hydrogens is 406 g/mol. The minimum Gasteiger partial charge on any atom is -0.495 e. The average Bonchev–Trinajstić information content (AvgIpc) is 2.76. The number of benzene rings is 2. The number of carbonyl (C=O) groups excluding carboxylic acids is 1. The molecular formula is C21H22ClN5O3. The van der Waals surface area contributed by atoms with Crippen molar-refractivity contribution in [2.45, 2.75) is 13.5 Å². The first kappa shape index (κ1) is 21.2. The first-order valence-electron chi connectivity index (χ1n) is 9.08. The molecule has 9 heteroatoms. The molecule has 0 atom stereocenters. The molecule has 3 rings (SSSR count). The number of nitrogen functional groups attached to an aromatic ring is 1. The molecule has 1 amide bonds. The normalized spacial score (nSPS) is 10.4. The van der Waals surface area contributed by atoms with Crippen molar-refractivity contribution >= 4 is 34.8 Å². The minimum atomic E-state index is -0.250. The van der Waals surface area contributed by atoms with Crippen LogP contribution in [0, 0.1) is 6.92 Å². The first-order valence-corrected chi connectivity index (χ1v) is 9.46. The van der Waals surface area contributed by atoms with Gasteiger partial charge in [0, 0.05) is 18.2 Å². The van der Waals surface area contributed by atoms with Crippen LogP contribution in [0.2, 0.25) is 5.02 Å². The Kier molecular flexibility index (Phi) is 6.58.